The second-order valence-corrected chi connectivity index (χ2v) is 5.34. The first kappa shape index (κ1) is 12.3. The van der Waals surface area contributed by atoms with Crippen molar-refractivity contribution >= 4 is 33.0 Å². The molecule has 0 bridgehead atoms. The van der Waals surface area contributed by atoms with Crippen LogP contribution in [0.3, 0.4) is 0 Å². The van der Waals surface area contributed by atoms with Crippen molar-refractivity contribution in [2.45, 2.75) is 0 Å². The zero-order valence-corrected chi connectivity index (χ0v) is 11.2. The van der Waals surface area contributed by atoms with Gasteiger partial charge in [0.15, 0.2) is 11.1 Å². The summed E-state index contributed by atoms with van der Waals surface area (Å²) in [4.78, 5) is 12.9. The Balaban J connectivity index is 2.34. The number of halogens is 2. The van der Waals surface area contributed by atoms with E-state index >= 15 is 0 Å². The van der Waals surface area contributed by atoms with Gasteiger partial charge in [-0.05, 0) is 41.9 Å². The van der Waals surface area contributed by atoms with E-state index in [4.69, 9.17) is 11.6 Å². The minimum Gasteiger partial charge on any atom is -0.274 e. The second kappa shape index (κ2) is 4.72. The van der Waals surface area contributed by atoms with Gasteiger partial charge in [0.05, 0.1) is 0 Å². The SMILES string of the molecule is O=C(Cl)c1sc2cccc[n+]2c1-c1ccc(F)cc1. The van der Waals surface area contributed by atoms with E-state index in [-0.39, 0.29) is 5.82 Å². The Morgan fingerprint density at radius 1 is 1.16 bits per heavy atom. The number of thiazole rings is 1. The third kappa shape index (κ3) is 2.13. The molecule has 0 saturated carbocycles. The molecule has 0 amide bonds. The van der Waals surface area contributed by atoms with E-state index in [1.807, 2.05) is 28.8 Å². The molecular formula is C14H8ClFNOS+. The van der Waals surface area contributed by atoms with Gasteiger partial charge in [0.2, 0.25) is 5.69 Å². The number of benzene rings is 1. The zero-order valence-electron chi connectivity index (χ0n) is 9.64. The van der Waals surface area contributed by atoms with Crippen molar-refractivity contribution in [1.82, 2.24) is 0 Å². The van der Waals surface area contributed by atoms with Crippen LogP contribution in [0, 0.1) is 5.82 Å². The lowest BCUT2D eigenvalue weighted by Crippen LogP contribution is -2.21. The Hall–Kier alpha value is -1.78. The van der Waals surface area contributed by atoms with Crippen LogP contribution in [0.2, 0.25) is 0 Å². The molecular weight excluding hydrogens is 285 g/mol. The molecule has 3 aromatic rings. The molecule has 5 heteroatoms. The Bertz CT molecular complexity index is 767. The summed E-state index contributed by atoms with van der Waals surface area (Å²) in [6.07, 6.45) is 1.86. The van der Waals surface area contributed by atoms with Gasteiger partial charge in [0.25, 0.3) is 10.1 Å². The summed E-state index contributed by atoms with van der Waals surface area (Å²) in [5, 5.41) is -0.506. The van der Waals surface area contributed by atoms with Crippen molar-refractivity contribution in [2.24, 2.45) is 0 Å². The average molecular weight is 293 g/mol. The number of hydrogen-bond donors (Lipinski definition) is 0. The lowest BCUT2D eigenvalue weighted by Gasteiger charge is -1.96. The van der Waals surface area contributed by atoms with E-state index in [2.05, 4.69) is 0 Å². The molecule has 3 rings (SSSR count). The number of carbonyl (C=O) groups is 1. The van der Waals surface area contributed by atoms with E-state index in [0.29, 0.717) is 10.6 Å². The lowest BCUT2D eigenvalue weighted by molar-refractivity contribution is -0.495. The van der Waals surface area contributed by atoms with Crippen LogP contribution in [0.15, 0.2) is 48.7 Å². The van der Waals surface area contributed by atoms with E-state index in [1.165, 1.54) is 23.5 Å². The van der Waals surface area contributed by atoms with Gasteiger partial charge in [0, 0.05) is 17.7 Å². The van der Waals surface area contributed by atoms with Crippen LogP contribution in [0.4, 0.5) is 4.39 Å². The molecule has 2 aromatic heterocycles. The summed E-state index contributed by atoms with van der Waals surface area (Å²) in [6.45, 7) is 0. The fourth-order valence-electron chi connectivity index (χ4n) is 1.97. The van der Waals surface area contributed by atoms with Crippen molar-refractivity contribution < 1.29 is 13.6 Å². The van der Waals surface area contributed by atoms with Crippen LogP contribution in [-0.4, -0.2) is 5.24 Å². The smallest absolute Gasteiger partial charge is 0.269 e. The number of hydrogen-bond acceptors (Lipinski definition) is 2. The number of carbonyl (C=O) groups excluding carboxylic acids is 1. The minimum atomic E-state index is -0.506. The van der Waals surface area contributed by atoms with Gasteiger partial charge in [-0.2, -0.15) is 0 Å². The summed E-state index contributed by atoms with van der Waals surface area (Å²) in [6, 6.07) is 11.7. The first-order chi connectivity index (χ1) is 9.16. The van der Waals surface area contributed by atoms with Gasteiger partial charge in [-0.3, -0.25) is 4.79 Å². The van der Waals surface area contributed by atoms with Gasteiger partial charge in [-0.25, -0.2) is 4.39 Å². The Morgan fingerprint density at radius 2 is 1.89 bits per heavy atom. The van der Waals surface area contributed by atoms with Crippen LogP contribution in [0.5, 0.6) is 0 Å². The fraction of sp³-hybridized carbons (Fsp3) is 0. The van der Waals surface area contributed by atoms with E-state index in [0.717, 1.165) is 10.4 Å². The molecule has 0 atom stereocenters. The number of fused-ring (bicyclic) bond motifs is 1. The summed E-state index contributed by atoms with van der Waals surface area (Å²) in [7, 11) is 0. The molecule has 0 N–H and O–H groups in total. The number of pyridine rings is 1. The highest BCUT2D eigenvalue weighted by molar-refractivity contribution is 7.20. The van der Waals surface area contributed by atoms with Gasteiger partial charge in [0.1, 0.15) is 5.82 Å². The first-order valence-electron chi connectivity index (χ1n) is 5.56. The Labute approximate surface area is 117 Å². The molecule has 94 valence electrons. The molecule has 0 fully saturated rings. The second-order valence-electron chi connectivity index (χ2n) is 3.97. The summed E-state index contributed by atoms with van der Waals surface area (Å²) < 4.78 is 14.9. The van der Waals surface area contributed by atoms with Crippen LogP contribution in [0.1, 0.15) is 9.67 Å². The van der Waals surface area contributed by atoms with Crippen LogP contribution in [-0.2, 0) is 0 Å². The molecule has 2 heterocycles. The molecule has 2 nitrogen and oxygen atoms in total. The average Bonchev–Trinajstić information content (AvgIpc) is 2.79. The maximum Gasteiger partial charge on any atom is 0.269 e. The van der Waals surface area contributed by atoms with Gasteiger partial charge in [-0.15, -0.1) is 4.40 Å². The predicted molar refractivity (Wildman–Crippen MR) is 73.1 cm³/mol. The molecule has 0 radical (unpaired) electrons. The molecule has 0 spiro atoms. The summed E-state index contributed by atoms with van der Waals surface area (Å²) >= 11 is 6.96. The fourth-order valence-corrected chi connectivity index (χ4v) is 3.17. The normalized spacial score (nSPS) is 10.8. The minimum absolute atomic E-state index is 0.313. The van der Waals surface area contributed by atoms with E-state index in [1.54, 1.807) is 12.1 Å². The predicted octanol–water partition coefficient (Wildman–Crippen LogP) is 3.67. The zero-order chi connectivity index (χ0) is 13.4. The van der Waals surface area contributed by atoms with Crippen molar-refractivity contribution in [2.75, 3.05) is 0 Å². The van der Waals surface area contributed by atoms with E-state index in [9.17, 15) is 9.18 Å². The molecule has 0 aliphatic carbocycles. The van der Waals surface area contributed by atoms with Crippen molar-refractivity contribution in [1.29, 1.82) is 0 Å². The van der Waals surface area contributed by atoms with E-state index < -0.39 is 5.24 Å². The standard InChI is InChI=1S/C14H8ClFNOS/c15-14(18)13-12(9-4-6-10(16)7-5-9)17-8-2-1-3-11(17)19-13/h1-8H/q+1. The maximum absolute atomic E-state index is 13.0. The number of nitrogens with zero attached hydrogens (tertiary/aromatic N) is 1. The van der Waals surface area contributed by atoms with Crippen molar-refractivity contribution in [3.8, 4) is 11.3 Å². The van der Waals surface area contributed by atoms with Gasteiger partial charge < -0.3 is 0 Å². The molecule has 0 saturated heterocycles. The number of aromatic nitrogens is 1. The summed E-state index contributed by atoms with van der Waals surface area (Å²) in [5.74, 6) is -0.313. The highest BCUT2D eigenvalue weighted by atomic mass is 35.5. The van der Waals surface area contributed by atoms with Crippen LogP contribution < -0.4 is 4.40 Å². The Morgan fingerprint density at radius 3 is 2.58 bits per heavy atom. The highest BCUT2D eigenvalue weighted by Gasteiger charge is 2.26. The monoisotopic (exact) mass is 292 g/mol. The maximum atomic E-state index is 13.0. The molecule has 0 aliphatic heterocycles. The first-order valence-corrected chi connectivity index (χ1v) is 6.75. The topological polar surface area (TPSA) is 21.2 Å². The third-order valence-corrected chi connectivity index (χ3v) is 4.21. The quantitative estimate of drug-likeness (QED) is 0.521. The molecule has 0 aliphatic rings. The van der Waals surface area contributed by atoms with Gasteiger partial charge in [-0.1, -0.05) is 11.3 Å². The Kier molecular flexibility index (Phi) is 3.05. The largest absolute Gasteiger partial charge is 0.274 e. The van der Waals surface area contributed by atoms with Crippen LogP contribution in [0.25, 0.3) is 16.1 Å². The number of rotatable bonds is 2. The summed E-state index contributed by atoms with van der Waals surface area (Å²) in [5.41, 5.74) is 1.45. The van der Waals surface area contributed by atoms with Gasteiger partial charge >= 0.3 is 0 Å². The molecule has 1 aromatic carbocycles. The van der Waals surface area contributed by atoms with Crippen LogP contribution >= 0.6 is 22.9 Å². The highest BCUT2D eigenvalue weighted by Crippen LogP contribution is 2.28. The molecule has 0 unspecified atom stereocenters. The third-order valence-electron chi connectivity index (χ3n) is 2.78. The molecule has 19 heavy (non-hydrogen) atoms. The van der Waals surface area contributed by atoms with Crippen molar-refractivity contribution in [3.63, 3.8) is 0 Å². The van der Waals surface area contributed by atoms with Crippen molar-refractivity contribution in [3.05, 3.63) is 59.4 Å². The lowest BCUT2D eigenvalue weighted by atomic mass is 10.1.